The van der Waals surface area contributed by atoms with Crippen molar-refractivity contribution >= 4 is 5.78 Å². The Morgan fingerprint density at radius 1 is 1.37 bits per heavy atom. The maximum absolute atomic E-state index is 13.5. The van der Waals surface area contributed by atoms with Gasteiger partial charge in [0.15, 0.2) is 17.3 Å². The minimum absolute atomic E-state index is 0.0946. The number of nitrogens with zero attached hydrogens (tertiary/aromatic N) is 2. The Morgan fingerprint density at radius 2 is 2.16 bits per heavy atom. The fraction of sp³-hybridized carbons (Fsp3) is 0.214. The predicted octanol–water partition coefficient (Wildman–Crippen LogP) is 2.36. The largest absolute Gasteiger partial charge is 0.494 e. The molecule has 5 heteroatoms. The molecule has 1 heterocycles. The van der Waals surface area contributed by atoms with Gasteiger partial charge in [0.25, 0.3) is 0 Å². The van der Waals surface area contributed by atoms with Crippen LogP contribution in [0.1, 0.15) is 21.9 Å². The van der Waals surface area contributed by atoms with Gasteiger partial charge in [-0.05, 0) is 30.7 Å². The van der Waals surface area contributed by atoms with Gasteiger partial charge in [-0.3, -0.25) is 4.79 Å². The minimum atomic E-state index is -0.480. The number of benzene rings is 1. The van der Waals surface area contributed by atoms with E-state index in [1.54, 1.807) is 19.1 Å². The Kier molecular flexibility index (Phi) is 3.85. The Morgan fingerprint density at radius 3 is 2.79 bits per heavy atom. The molecular formula is C14H13FN2O2. The summed E-state index contributed by atoms with van der Waals surface area (Å²) in [6, 6.07) is 6.01. The highest BCUT2D eigenvalue weighted by Gasteiger charge is 2.11. The molecule has 19 heavy (non-hydrogen) atoms. The van der Waals surface area contributed by atoms with E-state index in [1.165, 1.54) is 25.4 Å². The van der Waals surface area contributed by atoms with Crippen LogP contribution in [0.3, 0.4) is 0 Å². The van der Waals surface area contributed by atoms with Crippen LogP contribution >= 0.6 is 0 Å². The van der Waals surface area contributed by atoms with Crippen molar-refractivity contribution in [2.75, 3.05) is 7.11 Å². The van der Waals surface area contributed by atoms with Crippen molar-refractivity contribution in [2.24, 2.45) is 0 Å². The van der Waals surface area contributed by atoms with Gasteiger partial charge in [0, 0.05) is 12.6 Å². The molecule has 0 spiro atoms. The van der Waals surface area contributed by atoms with Crippen molar-refractivity contribution in [3.63, 3.8) is 0 Å². The number of carbonyl (C=O) groups excluding carboxylic acids is 1. The van der Waals surface area contributed by atoms with Crippen molar-refractivity contribution in [3.05, 3.63) is 53.4 Å². The Balaban J connectivity index is 2.17. The number of methoxy groups -OCH3 is 1. The third kappa shape index (κ3) is 3.13. The molecule has 0 bridgehead atoms. The van der Waals surface area contributed by atoms with E-state index in [0.717, 1.165) is 0 Å². The third-order valence-electron chi connectivity index (χ3n) is 2.64. The molecule has 4 nitrogen and oxygen atoms in total. The maximum Gasteiger partial charge on any atom is 0.185 e. The monoisotopic (exact) mass is 260 g/mol. The maximum atomic E-state index is 13.5. The molecule has 0 amide bonds. The zero-order valence-electron chi connectivity index (χ0n) is 10.7. The van der Waals surface area contributed by atoms with Gasteiger partial charge < -0.3 is 4.74 Å². The van der Waals surface area contributed by atoms with Crippen molar-refractivity contribution in [2.45, 2.75) is 13.3 Å². The first-order valence-corrected chi connectivity index (χ1v) is 5.75. The number of ketones is 1. The standard InChI is InChI=1S/C14H13FN2O2/c1-9-16-6-5-12(17-9)13(18)8-10-3-4-14(19-2)11(15)7-10/h3-7H,8H2,1-2H3. The van der Waals surface area contributed by atoms with Crippen LogP contribution in [0.5, 0.6) is 5.75 Å². The first kappa shape index (κ1) is 13.1. The average molecular weight is 260 g/mol. The molecule has 98 valence electrons. The van der Waals surface area contributed by atoms with Crippen molar-refractivity contribution < 1.29 is 13.9 Å². The lowest BCUT2D eigenvalue weighted by Crippen LogP contribution is -2.07. The van der Waals surface area contributed by atoms with Crippen molar-refractivity contribution in [1.29, 1.82) is 0 Å². The van der Waals surface area contributed by atoms with Gasteiger partial charge in [-0.2, -0.15) is 0 Å². The SMILES string of the molecule is COc1ccc(CC(=O)c2ccnc(C)n2)cc1F. The van der Waals surface area contributed by atoms with E-state index < -0.39 is 5.82 Å². The van der Waals surface area contributed by atoms with Crippen LogP contribution < -0.4 is 4.74 Å². The molecule has 0 aliphatic heterocycles. The summed E-state index contributed by atoms with van der Waals surface area (Å²) in [5.41, 5.74) is 0.920. The molecule has 1 aromatic heterocycles. The lowest BCUT2D eigenvalue weighted by atomic mass is 10.1. The highest BCUT2D eigenvalue weighted by Crippen LogP contribution is 2.18. The van der Waals surface area contributed by atoms with E-state index in [2.05, 4.69) is 9.97 Å². The second-order valence-electron chi connectivity index (χ2n) is 4.06. The molecule has 0 radical (unpaired) electrons. The number of rotatable bonds is 4. The summed E-state index contributed by atoms with van der Waals surface area (Å²) in [6.45, 7) is 1.71. The Hall–Kier alpha value is -2.30. The summed E-state index contributed by atoms with van der Waals surface area (Å²) in [5, 5.41) is 0. The highest BCUT2D eigenvalue weighted by molar-refractivity contribution is 5.95. The van der Waals surface area contributed by atoms with Gasteiger partial charge in [0.05, 0.1) is 7.11 Å². The molecule has 0 aliphatic rings. The first-order valence-electron chi connectivity index (χ1n) is 5.75. The first-order chi connectivity index (χ1) is 9.10. The molecule has 2 rings (SSSR count). The molecule has 1 aromatic carbocycles. The minimum Gasteiger partial charge on any atom is -0.494 e. The number of halogens is 1. The number of ether oxygens (including phenoxy) is 1. The van der Waals surface area contributed by atoms with E-state index >= 15 is 0 Å². The lowest BCUT2D eigenvalue weighted by Gasteiger charge is -2.05. The van der Waals surface area contributed by atoms with Gasteiger partial charge in [-0.1, -0.05) is 6.07 Å². The van der Waals surface area contributed by atoms with Crippen LogP contribution in [-0.2, 0) is 6.42 Å². The van der Waals surface area contributed by atoms with Gasteiger partial charge in [-0.15, -0.1) is 0 Å². The lowest BCUT2D eigenvalue weighted by molar-refractivity contribution is 0.0987. The summed E-state index contributed by atoms with van der Waals surface area (Å²) in [4.78, 5) is 20.0. The number of aryl methyl sites for hydroxylation is 1. The van der Waals surface area contributed by atoms with Gasteiger partial charge in [0.2, 0.25) is 0 Å². The molecule has 0 fully saturated rings. The van der Waals surface area contributed by atoms with Crippen molar-refractivity contribution in [3.8, 4) is 5.75 Å². The predicted molar refractivity (Wildman–Crippen MR) is 67.8 cm³/mol. The van der Waals surface area contributed by atoms with Gasteiger partial charge in [0.1, 0.15) is 11.5 Å². The molecule has 0 atom stereocenters. The van der Waals surface area contributed by atoms with Crippen LogP contribution in [0.15, 0.2) is 30.5 Å². The van der Waals surface area contributed by atoms with E-state index in [4.69, 9.17) is 4.74 Å². The Bertz CT molecular complexity index is 614. The van der Waals surface area contributed by atoms with Crippen LogP contribution in [0.4, 0.5) is 4.39 Å². The topological polar surface area (TPSA) is 52.1 Å². The molecule has 0 saturated carbocycles. The second kappa shape index (κ2) is 5.56. The van der Waals surface area contributed by atoms with E-state index in [0.29, 0.717) is 17.1 Å². The third-order valence-corrected chi connectivity index (χ3v) is 2.64. The van der Waals surface area contributed by atoms with Crippen LogP contribution in [0, 0.1) is 12.7 Å². The molecule has 0 unspecified atom stereocenters. The fourth-order valence-corrected chi connectivity index (χ4v) is 1.71. The number of Topliss-reactive ketones (excluding diaryl/α,β-unsaturated/α-hetero) is 1. The average Bonchev–Trinajstić information content (AvgIpc) is 2.39. The normalized spacial score (nSPS) is 10.3. The molecule has 0 aliphatic carbocycles. The number of aromatic nitrogens is 2. The summed E-state index contributed by atoms with van der Waals surface area (Å²) in [5.74, 6) is 0.0441. The summed E-state index contributed by atoms with van der Waals surface area (Å²) in [7, 11) is 1.40. The Labute approximate surface area is 110 Å². The summed E-state index contributed by atoms with van der Waals surface area (Å²) in [6.07, 6.45) is 1.63. The van der Waals surface area contributed by atoms with Crippen molar-refractivity contribution in [1.82, 2.24) is 9.97 Å². The quantitative estimate of drug-likeness (QED) is 0.792. The van der Waals surface area contributed by atoms with Gasteiger partial charge in [-0.25, -0.2) is 14.4 Å². The molecule has 0 saturated heterocycles. The van der Waals surface area contributed by atoms with Crippen LogP contribution in [0.25, 0.3) is 0 Å². The molecule has 2 aromatic rings. The zero-order chi connectivity index (χ0) is 13.8. The van der Waals surface area contributed by atoms with Crippen LogP contribution in [0.2, 0.25) is 0 Å². The smallest absolute Gasteiger partial charge is 0.185 e. The highest BCUT2D eigenvalue weighted by atomic mass is 19.1. The van der Waals surface area contributed by atoms with E-state index in [1.807, 2.05) is 0 Å². The van der Waals surface area contributed by atoms with Gasteiger partial charge >= 0.3 is 0 Å². The van der Waals surface area contributed by atoms with Crippen LogP contribution in [-0.4, -0.2) is 22.9 Å². The summed E-state index contributed by atoms with van der Waals surface area (Å²) < 4.78 is 18.3. The fourth-order valence-electron chi connectivity index (χ4n) is 1.71. The van der Waals surface area contributed by atoms with E-state index in [-0.39, 0.29) is 18.0 Å². The number of carbonyl (C=O) groups is 1. The number of hydrogen-bond acceptors (Lipinski definition) is 4. The summed E-state index contributed by atoms with van der Waals surface area (Å²) >= 11 is 0. The zero-order valence-corrected chi connectivity index (χ0v) is 10.7. The molecular weight excluding hydrogens is 247 g/mol. The number of hydrogen-bond donors (Lipinski definition) is 0. The molecule has 0 N–H and O–H groups in total. The van der Waals surface area contributed by atoms with E-state index in [9.17, 15) is 9.18 Å². The second-order valence-corrected chi connectivity index (χ2v) is 4.06.